The molecule has 0 fully saturated rings. The predicted molar refractivity (Wildman–Crippen MR) is 87.4 cm³/mol. The van der Waals surface area contributed by atoms with Crippen molar-refractivity contribution in [3.63, 3.8) is 0 Å². The van der Waals surface area contributed by atoms with Crippen LogP contribution in [0.25, 0.3) is 0 Å². The monoisotopic (exact) mass is 383 g/mol. The third-order valence-electron chi connectivity index (χ3n) is 2.93. The number of nitrogens with one attached hydrogen (secondary N) is 2. The number of amides is 3. The molecule has 23 heavy (non-hydrogen) atoms. The number of ketones is 1. The first kappa shape index (κ1) is 18.8. The Morgan fingerprint density at radius 1 is 1.13 bits per heavy atom. The Labute approximate surface area is 142 Å². The van der Waals surface area contributed by atoms with Gasteiger partial charge in [0.25, 0.3) is 5.91 Å². The number of Topliss-reactive ketones (excluding diaryl/α,β-unsaturated/α-hetero) is 1. The SMILES string of the molecule is CC(=O)C(=O)NCC(=O)NC(C(=O)N(C)C)c1ccc(Br)cc1. The zero-order valence-electron chi connectivity index (χ0n) is 13.1. The topological polar surface area (TPSA) is 95.6 Å². The number of rotatable bonds is 6. The van der Waals surface area contributed by atoms with Gasteiger partial charge >= 0.3 is 0 Å². The molecule has 0 aliphatic rings. The van der Waals surface area contributed by atoms with Crippen LogP contribution < -0.4 is 10.6 Å². The van der Waals surface area contributed by atoms with Gasteiger partial charge in [-0.15, -0.1) is 0 Å². The zero-order valence-corrected chi connectivity index (χ0v) is 14.6. The summed E-state index contributed by atoms with van der Waals surface area (Å²) in [6.45, 7) is 0.722. The van der Waals surface area contributed by atoms with Crippen molar-refractivity contribution in [3.8, 4) is 0 Å². The lowest BCUT2D eigenvalue weighted by Crippen LogP contribution is -2.44. The number of carbonyl (C=O) groups is 4. The summed E-state index contributed by atoms with van der Waals surface area (Å²) >= 11 is 3.30. The molecule has 1 unspecified atom stereocenters. The van der Waals surface area contributed by atoms with Crippen LogP contribution in [-0.4, -0.2) is 49.0 Å². The van der Waals surface area contributed by atoms with Crippen molar-refractivity contribution in [3.05, 3.63) is 34.3 Å². The van der Waals surface area contributed by atoms with E-state index in [1.54, 1.807) is 38.4 Å². The van der Waals surface area contributed by atoms with Crippen molar-refractivity contribution in [1.82, 2.24) is 15.5 Å². The first-order valence-corrected chi connectivity index (χ1v) is 7.56. The molecule has 0 heterocycles. The van der Waals surface area contributed by atoms with E-state index in [0.717, 1.165) is 11.4 Å². The Hall–Kier alpha value is -2.22. The van der Waals surface area contributed by atoms with Crippen LogP contribution in [0.15, 0.2) is 28.7 Å². The summed E-state index contributed by atoms with van der Waals surface area (Å²) < 4.78 is 0.845. The van der Waals surface area contributed by atoms with Crippen molar-refractivity contribution >= 4 is 39.4 Å². The molecule has 1 aromatic carbocycles. The molecule has 0 aromatic heterocycles. The normalized spacial score (nSPS) is 11.3. The van der Waals surface area contributed by atoms with Gasteiger partial charge in [-0.2, -0.15) is 0 Å². The molecule has 0 saturated heterocycles. The van der Waals surface area contributed by atoms with Crippen molar-refractivity contribution in [2.45, 2.75) is 13.0 Å². The van der Waals surface area contributed by atoms with Crippen LogP contribution in [0.5, 0.6) is 0 Å². The molecule has 0 radical (unpaired) electrons. The Morgan fingerprint density at radius 3 is 2.17 bits per heavy atom. The Bertz CT molecular complexity index is 614. The van der Waals surface area contributed by atoms with Crippen LogP contribution in [0, 0.1) is 0 Å². The highest BCUT2D eigenvalue weighted by Crippen LogP contribution is 2.18. The van der Waals surface area contributed by atoms with E-state index in [1.165, 1.54) is 4.90 Å². The van der Waals surface area contributed by atoms with Gasteiger partial charge in [0.05, 0.1) is 6.54 Å². The summed E-state index contributed by atoms with van der Waals surface area (Å²) in [6, 6.07) is 6.07. The third kappa shape index (κ3) is 5.82. The van der Waals surface area contributed by atoms with Crippen LogP contribution >= 0.6 is 15.9 Å². The van der Waals surface area contributed by atoms with E-state index in [-0.39, 0.29) is 12.5 Å². The van der Waals surface area contributed by atoms with Gasteiger partial charge in [-0.1, -0.05) is 28.1 Å². The zero-order chi connectivity index (χ0) is 17.6. The van der Waals surface area contributed by atoms with Crippen LogP contribution in [0.1, 0.15) is 18.5 Å². The minimum absolute atomic E-state index is 0.307. The Kier molecular flexibility index (Phi) is 6.89. The third-order valence-corrected chi connectivity index (χ3v) is 3.45. The van der Waals surface area contributed by atoms with E-state index in [4.69, 9.17) is 0 Å². The van der Waals surface area contributed by atoms with Gasteiger partial charge < -0.3 is 15.5 Å². The highest BCUT2D eigenvalue weighted by Gasteiger charge is 2.24. The molecule has 0 spiro atoms. The van der Waals surface area contributed by atoms with Crippen LogP contribution in [0.4, 0.5) is 0 Å². The van der Waals surface area contributed by atoms with Gasteiger partial charge in [-0.05, 0) is 17.7 Å². The molecule has 8 heteroatoms. The van der Waals surface area contributed by atoms with E-state index in [2.05, 4.69) is 26.6 Å². The van der Waals surface area contributed by atoms with Crippen LogP contribution in [0.2, 0.25) is 0 Å². The summed E-state index contributed by atoms with van der Waals surface area (Å²) in [5.41, 5.74) is 0.609. The van der Waals surface area contributed by atoms with Gasteiger partial charge in [0.1, 0.15) is 6.04 Å². The molecule has 0 saturated carbocycles. The first-order chi connectivity index (χ1) is 10.7. The molecule has 3 amide bonds. The maximum atomic E-state index is 12.3. The van der Waals surface area contributed by atoms with Crippen molar-refractivity contribution in [2.75, 3.05) is 20.6 Å². The number of benzene rings is 1. The lowest BCUT2D eigenvalue weighted by atomic mass is 10.1. The Balaban J connectivity index is 2.83. The summed E-state index contributed by atoms with van der Waals surface area (Å²) in [7, 11) is 3.16. The summed E-state index contributed by atoms with van der Waals surface area (Å²) in [5.74, 6) is -2.41. The van der Waals surface area contributed by atoms with Gasteiger partial charge in [0.2, 0.25) is 17.6 Å². The lowest BCUT2D eigenvalue weighted by Gasteiger charge is -2.22. The fraction of sp³-hybridized carbons (Fsp3) is 0.333. The number of hydrogen-bond donors (Lipinski definition) is 2. The molecule has 0 bridgehead atoms. The average molecular weight is 384 g/mol. The van der Waals surface area contributed by atoms with Crippen molar-refractivity contribution in [1.29, 1.82) is 0 Å². The number of halogens is 1. The van der Waals surface area contributed by atoms with E-state index in [0.29, 0.717) is 5.56 Å². The highest BCUT2D eigenvalue weighted by atomic mass is 79.9. The average Bonchev–Trinajstić information content (AvgIpc) is 2.50. The molecule has 1 atom stereocenters. The second-order valence-corrected chi connectivity index (χ2v) is 5.94. The Morgan fingerprint density at radius 2 is 1.70 bits per heavy atom. The first-order valence-electron chi connectivity index (χ1n) is 6.77. The number of likely N-dealkylation sites (N-methyl/N-ethyl adjacent to an activating group) is 1. The van der Waals surface area contributed by atoms with Gasteiger partial charge in [-0.3, -0.25) is 19.2 Å². The number of nitrogens with zero attached hydrogens (tertiary/aromatic N) is 1. The fourth-order valence-corrected chi connectivity index (χ4v) is 1.96. The molecule has 1 rings (SSSR count). The minimum Gasteiger partial charge on any atom is -0.347 e. The van der Waals surface area contributed by atoms with Crippen molar-refractivity contribution in [2.24, 2.45) is 0 Å². The quantitative estimate of drug-likeness (QED) is 0.695. The van der Waals surface area contributed by atoms with Gasteiger partial charge in [0, 0.05) is 25.5 Å². The molecular formula is C15H18BrN3O4. The van der Waals surface area contributed by atoms with Crippen LogP contribution in [0.3, 0.4) is 0 Å². The summed E-state index contributed by atoms with van der Waals surface area (Å²) in [6.07, 6.45) is 0. The fourth-order valence-electron chi connectivity index (χ4n) is 1.70. The molecule has 1 aromatic rings. The molecule has 7 nitrogen and oxygen atoms in total. The lowest BCUT2D eigenvalue weighted by molar-refractivity contribution is -0.138. The summed E-state index contributed by atoms with van der Waals surface area (Å²) in [4.78, 5) is 47.5. The molecule has 0 aliphatic carbocycles. The maximum absolute atomic E-state index is 12.3. The molecule has 0 aliphatic heterocycles. The van der Waals surface area contributed by atoms with Gasteiger partial charge in [0.15, 0.2) is 0 Å². The maximum Gasteiger partial charge on any atom is 0.287 e. The minimum atomic E-state index is -0.875. The predicted octanol–water partition coefficient (Wildman–Crippen LogP) is 0.400. The summed E-state index contributed by atoms with van der Waals surface area (Å²) in [5, 5.41) is 4.74. The number of carbonyl (C=O) groups excluding carboxylic acids is 4. The molecule has 124 valence electrons. The largest absolute Gasteiger partial charge is 0.347 e. The second kappa shape index (κ2) is 8.42. The molecule has 2 N–H and O–H groups in total. The highest BCUT2D eigenvalue weighted by molar-refractivity contribution is 9.10. The van der Waals surface area contributed by atoms with Gasteiger partial charge in [-0.25, -0.2) is 0 Å². The van der Waals surface area contributed by atoms with Crippen LogP contribution in [-0.2, 0) is 19.2 Å². The van der Waals surface area contributed by atoms with E-state index in [9.17, 15) is 19.2 Å². The number of hydrogen-bond acceptors (Lipinski definition) is 4. The smallest absolute Gasteiger partial charge is 0.287 e. The van der Waals surface area contributed by atoms with E-state index >= 15 is 0 Å². The second-order valence-electron chi connectivity index (χ2n) is 5.02. The standard InChI is InChI=1S/C15H18BrN3O4/c1-9(20)14(22)17-8-12(21)18-13(15(23)19(2)3)10-4-6-11(16)7-5-10/h4-7,13H,8H2,1-3H3,(H,17,22)(H,18,21). The van der Waals surface area contributed by atoms with Crippen molar-refractivity contribution < 1.29 is 19.2 Å². The van der Waals surface area contributed by atoms with E-state index in [1.807, 2.05) is 0 Å². The van der Waals surface area contributed by atoms with E-state index < -0.39 is 23.6 Å². The molecular weight excluding hydrogens is 366 g/mol.